The molecule has 1 aromatic heterocycles. The Morgan fingerprint density at radius 2 is 1.89 bits per heavy atom. The van der Waals surface area contributed by atoms with Crippen molar-refractivity contribution in [1.29, 1.82) is 0 Å². The van der Waals surface area contributed by atoms with Gasteiger partial charge in [0.25, 0.3) is 11.8 Å². The number of hydrogen-bond donors (Lipinski definition) is 4. The number of ether oxygens (including phenoxy) is 1. The van der Waals surface area contributed by atoms with E-state index < -0.39 is 17.6 Å². The van der Waals surface area contributed by atoms with Crippen molar-refractivity contribution in [3.63, 3.8) is 0 Å². The molecule has 10 heteroatoms. The number of primary amides is 1. The lowest BCUT2D eigenvalue weighted by Crippen LogP contribution is -2.14. The van der Waals surface area contributed by atoms with E-state index in [1.54, 1.807) is 24.3 Å². The number of halogens is 1. The molecule has 0 saturated carbocycles. The lowest BCUT2D eigenvalue weighted by Gasteiger charge is -2.18. The molecule has 0 saturated heterocycles. The van der Waals surface area contributed by atoms with Crippen molar-refractivity contribution in [3.05, 3.63) is 83.4 Å². The highest BCUT2D eigenvalue weighted by molar-refractivity contribution is 6.08. The zero-order chi connectivity index (χ0) is 25.1. The Morgan fingerprint density at radius 3 is 2.60 bits per heavy atom. The smallest absolute Gasteiger partial charge is 0.255 e. The number of methoxy groups -OCH3 is 1. The second-order valence-electron chi connectivity index (χ2n) is 7.85. The number of nitrogens with one attached hydrogen (secondary N) is 2. The number of aromatic nitrogens is 2. The third kappa shape index (κ3) is 4.96. The van der Waals surface area contributed by atoms with Gasteiger partial charge in [0.05, 0.1) is 24.2 Å². The molecule has 1 atom stereocenters. The molecular formula is C25H23FN6O3. The van der Waals surface area contributed by atoms with Gasteiger partial charge in [-0.1, -0.05) is 12.1 Å². The number of fused-ring (bicyclic) bond motifs is 1. The second-order valence-corrected chi connectivity index (χ2v) is 7.85. The van der Waals surface area contributed by atoms with Crippen LogP contribution < -0.4 is 26.8 Å². The number of amides is 2. The fraction of sp³-hybridized carbons (Fsp3) is 0.120. The van der Waals surface area contributed by atoms with Crippen LogP contribution in [-0.2, 0) is 0 Å². The number of nitrogens with zero attached hydrogens (tertiary/aromatic N) is 2. The van der Waals surface area contributed by atoms with E-state index in [2.05, 4.69) is 20.6 Å². The van der Waals surface area contributed by atoms with E-state index in [9.17, 15) is 14.0 Å². The van der Waals surface area contributed by atoms with Gasteiger partial charge in [-0.3, -0.25) is 9.59 Å². The minimum Gasteiger partial charge on any atom is -0.494 e. The summed E-state index contributed by atoms with van der Waals surface area (Å²) >= 11 is 0. The monoisotopic (exact) mass is 474 g/mol. The molecular weight excluding hydrogens is 451 g/mol. The largest absolute Gasteiger partial charge is 0.494 e. The number of nitrogen functional groups attached to an aromatic ring is 1. The van der Waals surface area contributed by atoms with Crippen LogP contribution >= 0.6 is 0 Å². The minimum atomic E-state index is -0.639. The summed E-state index contributed by atoms with van der Waals surface area (Å²) in [6.45, 7) is 1.91. The fourth-order valence-electron chi connectivity index (χ4n) is 3.68. The average Bonchev–Trinajstić information content (AvgIpc) is 2.84. The molecule has 0 aliphatic heterocycles. The van der Waals surface area contributed by atoms with E-state index in [0.717, 1.165) is 11.6 Å². The highest BCUT2D eigenvalue weighted by Crippen LogP contribution is 2.29. The number of carbonyl (C=O) groups is 2. The van der Waals surface area contributed by atoms with Gasteiger partial charge in [-0.05, 0) is 55.0 Å². The Morgan fingerprint density at radius 1 is 1.09 bits per heavy atom. The van der Waals surface area contributed by atoms with Crippen molar-refractivity contribution in [2.75, 3.05) is 23.5 Å². The van der Waals surface area contributed by atoms with Gasteiger partial charge < -0.3 is 26.8 Å². The van der Waals surface area contributed by atoms with Crippen molar-refractivity contribution >= 4 is 39.9 Å². The van der Waals surface area contributed by atoms with Gasteiger partial charge in [-0.25, -0.2) is 14.4 Å². The first kappa shape index (κ1) is 23.4. The van der Waals surface area contributed by atoms with Crippen LogP contribution in [0.15, 0.2) is 60.9 Å². The standard InChI is InChI=1S/C25H23FN6O3/c1-13(31-24-19-11-16(27)10-18(23(28)33)22(19)29-12-30-24)14-4-3-5-17(8-14)32-25(34)15-6-7-21(35-2)20(26)9-15/h3-13H,27H2,1-2H3,(H2,28,33)(H,32,34)(H,29,30,31). The highest BCUT2D eigenvalue weighted by atomic mass is 19.1. The summed E-state index contributed by atoms with van der Waals surface area (Å²) in [7, 11) is 1.36. The Balaban J connectivity index is 1.56. The summed E-state index contributed by atoms with van der Waals surface area (Å²) < 4.78 is 18.9. The molecule has 3 aromatic carbocycles. The summed E-state index contributed by atoms with van der Waals surface area (Å²) in [5.41, 5.74) is 13.9. The predicted molar refractivity (Wildman–Crippen MR) is 132 cm³/mol. The second kappa shape index (κ2) is 9.64. The Hall–Kier alpha value is -4.73. The van der Waals surface area contributed by atoms with Crippen LogP contribution in [0.4, 0.5) is 21.6 Å². The van der Waals surface area contributed by atoms with Crippen LogP contribution in [0.1, 0.15) is 39.2 Å². The van der Waals surface area contributed by atoms with Crippen LogP contribution in [0.5, 0.6) is 5.75 Å². The number of hydrogen-bond acceptors (Lipinski definition) is 7. The van der Waals surface area contributed by atoms with Crippen molar-refractivity contribution in [3.8, 4) is 5.75 Å². The first-order chi connectivity index (χ1) is 16.8. The van der Waals surface area contributed by atoms with Gasteiger partial charge in [0, 0.05) is 22.3 Å². The van der Waals surface area contributed by atoms with Crippen molar-refractivity contribution in [1.82, 2.24) is 9.97 Å². The van der Waals surface area contributed by atoms with Gasteiger partial charge in [0.15, 0.2) is 11.6 Å². The molecule has 0 aliphatic carbocycles. The number of nitrogens with two attached hydrogens (primary N) is 2. The zero-order valence-electron chi connectivity index (χ0n) is 19.0. The lowest BCUT2D eigenvalue weighted by molar-refractivity contribution is 0.0998. The number of rotatable bonds is 7. The molecule has 35 heavy (non-hydrogen) atoms. The molecule has 4 rings (SSSR count). The number of anilines is 3. The van der Waals surface area contributed by atoms with Crippen LogP contribution in [0.2, 0.25) is 0 Å². The zero-order valence-corrected chi connectivity index (χ0v) is 19.0. The summed E-state index contributed by atoms with van der Waals surface area (Å²) in [5.74, 6) is -1.18. The maximum atomic E-state index is 14.0. The first-order valence-corrected chi connectivity index (χ1v) is 10.6. The number of benzene rings is 3. The van der Waals surface area contributed by atoms with E-state index in [0.29, 0.717) is 28.1 Å². The molecule has 0 bridgehead atoms. The fourth-order valence-corrected chi connectivity index (χ4v) is 3.68. The molecule has 1 heterocycles. The molecule has 178 valence electrons. The molecule has 0 radical (unpaired) electrons. The van der Waals surface area contributed by atoms with Crippen LogP contribution in [-0.4, -0.2) is 28.9 Å². The van der Waals surface area contributed by atoms with Crippen molar-refractivity contribution < 1.29 is 18.7 Å². The van der Waals surface area contributed by atoms with Gasteiger partial charge >= 0.3 is 0 Å². The van der Waals surface area contributed by atoms with E-state index in [1.807, 2.05) is 13.0 Å². The van der Waals surface area contributed by atoms with Crippen LogP contribution in [0.25, 0.3) is 10.9 Å². The Labute approximate surface area is 200 Å². The summed E-state index contributed by atoms with van der Waals surface area (Å²) in [6.07, 6.45) is 1.34. The molecule has 6 N–H and O–H groups in total. The predicted octanol–water partition coefficient (Wildman–Crippen LogP) is 3.88. The maximum Gasteiger partial charge on any atom is 0.255 e. The molecule has 0 fully saturated rings. The third-order valence-corrected chi connectivity index (χ3v) is 5.44. The number of carbonyl (C=O) groups excluding carboxylic acids is 2. The van der Waals surface area contributed by atoms with Gasteiger partial charge in [-0.2, -0.15) is 0 Å². The molecule has 1 unspecified atom stereocenters. The molecule has 0 spiro atoms. The highest BCUT2D eigenvalue weighted by Gasteiger charge is 2.16. The lowest BCUT2D eigenvalue weighted by atomic mass is 10.1. The molecule has 9 nitrogen and oxygen atoms in total. The maximum absolute atomic E-state index is 14.0. The Kier molecular flexibility index (Phi) is 6.45. The molecule has 2 amide bonds. The average molecular weight is 474 g/mol. The van der Waals surface area contributed by atoms with Gasteiger partial charge in [-0.15, -0.1) is 0 Å². The van der Waals surface area contributed by atoms with Crippen molar-refractivity contribution in [2.45, 2.75) is 13.0 Å². The van der Waals surface area contributed by atoms with Crippen LogP contribution in [0, 0.1) is 5.82 Å². The summed E-state index contributed by atoms with van der Waals surface area (Å²) in [4.78, 5) is 32.9. The minimum absolute atomic E-state index is 0.0606. The van der Waals surface area contributed by atoms with Crippen molar-refractivity contribution in [2.24, 2.45) is 5.73 Å². The van der Waals surface area contributed by atoms with Gasteiger partial charge in [0.2, 0.25) is 0 Å². The summed E-state index contributed by atoms with van der Waals surface area (Å²) in [6, 6.07) is 14.1. The Bertz CT molecular complexity index is 1440. The van der Waals surface area contributed by atoms with E-state index in [-0.39, 0.29) is 22.9 Å². The molecule has 4 aromatic rings. The molecule has 0 aliphatic rings. The van der Waals surface area contributed by atoms with E-state index in [4.69, 9.17) is 16.2 Å². The summed E-state index contributed by atoms with van der Waals surface area (Å²) in [5, 5.41) is 6.62. The topological polar surface area (TPSA) is 145 Å². The SMILES string of the molecule is COc1ccc(C(=O)Nc2cccc(C(C)Nc3ncnc4c(C(N)=O)cc(N)cc34)c2)cc1F. The third-order valence-electron chi connectivity index (χ3n) is 5.44. The first-order valence-electron chi connectivity index (χ1n) is 10.6. The van der Waals surface area contributed by atoms with E-state index >= 15 is 0 Å². The van der Waals surface area contributed by atoms with Gasteiger partial charge in [0.1, 0.15) is 12.1 Å². The normalized spacial score (nSPS) is 11.6. The quantitative estimate of drug-likeness (QED) is 0.297. The van der Waals surface area contributed by atoms with Crippen LogP contribution in [0.3, 0.4) is 0 Å². The van der Waals surface area contributed by atoms with E-state index in [1.165, 1.54) is 31.6 Å².